The maximum atomic E-state index is 10.7. The van der Waals surface area contributed by atoms with Gasteiger partial charge in [0.1, 0.15) is 5.82 Å². The molecule has 0 aromatic carbocycles. The Morgan fingerprint density at radius 3 is 2.64 bits per heavy atom. The second-order valence-electron chi connectivity index (χ2n) is 2.97. The molecule has 0 saturated heterocycles. The van der Waals surface area contributed by atoms with Crippen molar-refractivity contribution in [1.82, 2.24) is 4.98 Å². The number of amides is 1. The van der Waals surface area contributed by atoms with Crippen LogP contribution < -0.4 is 11.2 Å². The number of hydrazone groups is 1. The molecule has 1 amide bonds. The van der Waals surface area contributed by atoms with Crippen molar-refractivity contribution in [3.05, 3.63) is 23.9 Å². The van der Waals surface area contributed by atoms with Crippen molar-refractivity contribution in [3.63, 3.8) is 0 Å². The molecule has 0 radical (unpaired) electrons. The van der Waals surface area contributed by atoms with Gasteiger partial charge in [-0.1, -0.05) is 0 Å². The predicted molar refractivity (Wildman–Crippen MR) is 55.2 cm³/mol. The van der Waals surface area contributed by atoms with E-state index in [9.17, 15) is 4.79 Å². The van der Waals surface area contributed by atoms with Gasteiger partial charge in [-0.2, -0.15) is 5.10 Å². The van der Waals surface area contributed by atoms with Crippen molar-refractivity contribution < 1.29 is 4.79 Å². The molecule has 74 valence electrons. The van der Waals surface area contributed by atoms with Crippen LogP contribution in [0.5, 0.6) is 0 Å². The highest BCUT2D eigenvalue weighted by Crippen LogP contribution is 2.04. The molecule has 5 nitrogen and oxygen atoms in total. The van der Waals surface area contributed by atoms with E-state index < -0.39 is 5.91 Å². The van der Waals surface area contributed by atoms with Crippen LogP contribution in [0.25, 0.3) is 0 Å². The lowest BCUT2D eigenvalue weighted by Gasteiger charge is -2.00. The Bertz CT molecular complexity index is 352. The van der Waals surface area contributed by atoms with Gasteiger partial charge in [-0.05, 0) is 26.0 Å². The van der Waals surface area contributed by atoms with E-state index in [4.69, 9.17) is 5.73 Å². The van der Waals surface area contributed by atoms with E-state index in [0.717, 1.165) is 5.71 Å². The van der Waals surface area contributed by atoms with Gasteiger partial charge in [0.15, 0.2) is 0 Å². The predicted octanol–water partition coefficient (Wildman–Crippen LogP) is 0.988. The fraction of sp³-hybridized carbons (Fsp3) is 0.222. The maximum Gasteiger partial charge on any atom is 0.250 e. The van der Waals surface area contributed by atoms with Gasteiger partial charge in [0, 0.05) is 11.9 Å². The van der Waals surface area contributed by atoms with Crippen LogP contribution >= 0.6 is 0 Å². The molecule has 0 bridgehead atoms. The normalized spacial score (nSPS) is 9.29. The summed E-state index contributed by atoms with van der Waals surface area (Å²) in [7, 11) is 0. The van der Waals surface area contributed by atoms with Gasteiger partial charge < -0.3 is 5.73 Å². The molecule has 5 heteroatoms. The molecule has 0 aliphatic carbocycles. The van der Waals surface area contributed by atoms with Crippen molar-refractivity contribution in [2.45, 2.75) is 13.8 Å². The quantitative estimate of drug-likeness (QED) is 0.553. The molecule has 0 aliphatic heterocycles. The highest BCUT2D eigenvalue weighted by molar-refractivity contribution is 5.92. The topological polar surface area (TPSA) is 80.4 Å². The summed E-state index contributed by atoms with van der Waals surface area (Å²) in [4.78, 5) is 14.7. The molecule has 0 aliphatic rings. The first kappa shape index (κ1) is 10.2. The molecule has 3 N–H and O–H groups in total. The lowest BCUT2D eigenvalue weighted by atomic mass is 10.3. The highest BCUT2D eigenvalue weighted by Gasteiger charge is 1.99. The lowest BCUT2D eigenvalue weighted by Crippen LogP contribution is -2.11. The van der Waals surface area contributed by atoms with E-state index in [1.807, 2.05) is 13.8 Å². The summed E-state index contributed by atoms with van der Waals surface area (Å²) >= 11 is 0. The van der Waals surface area contributed by atoms with E-state index >= 15 is 0 Å². The van der Waals surface area contributed by atoms with Gasteiger partial charge in [-0.15, -0.1) is 0 Å². The Balaban J connectivity index is 2.74. The average molecular weight is 192 g/mol. The average Bonchev–Trinajstić information content (AvgIpc) is 2.15. The molecule has 0 unspecified atom stereocenters. The summed E-state index contributed by atoms with van der Waals surface area (Å²) in [5.74, 6) is 0.0930. The summed E-state index contributed by atoms with van der Waals surface area (Å²) in [5, 5.41) is 3.96. The van der Waals surface area contributed by atoms with Crippen LogP contribution in [-0.2, 0) is 0 Å². The minimum Gasteiger partial charge on any atom is -0.366 e. The Labute approximate surface area is 82.0 Å². The maximum absolute atomic E-state index is 10.7. The molecule has 1 heterocycles. The van der Waals surface area contributed by atoms with Crippen LogP contribution in [-0.4, -0.2) is 16.6 Å². The van der Waals surface area contributed by atoms with Crippen molar-refractivity contribution >= 4 is 17.4 Å². The Hall–Kier alpha value is -1.91. The number of hydrogen-bond acceptors (Lipinski definition) is 4. The molecule has 0 fully saturated rings. The van der Waals surface area contributed by atoms with Crippen LogP contribution in [0.1, 0.15) is 24.2 Å². The number of pyridine rings is 1. The van der Waals surface area contributed by atoms with Crippen LogP contribution in [0, 0.1) is 0 Å². The number of nitrogens with two attached hydrogens (primary N) is 1. The van der Waals surface area contributed by atoms with Crippen LogP contribution in [0.15, 0.2) is 23.4 Å². The minimum absolute atomic E-state index is 0.382. The first-order chi connectivity index (χ1) is 6.59. The lowest BCUT2D eigenvalue weighted by molar-refractivity contribution is 0.1000. The first-order valence-corrected chi connectivity index (χ1v) is 4.12. The van der Waals surface area contributed by atoms with Gasteiger partial charge in [0.25, 0.3) is 0 Å². The zero-order chi connectivity index (χ0) is 10.6. The van der Waals surface area contributed by atoms with Gasteiger partial charge in [0.2, 0.25) is 5.91 Å². The molecular weight excluding hydrogens is 180 g/mol. The van der Waals surface area contributed by atoms with Crippen molar-refractivity contribution in [1.29, 1.82) is 0 Å². The minimum atomic E-state index is -0.487. The van der Waals surface area contributed by atoms with Gasteiger partial charge in [-0.3, -0.25) is 10.2 Å². The molecule has 1 aromatic heterocycles. The molecule has 1 rings (SSSR count). The summed E-state index contributed by atoms with van der Waals surface area (Å²) in [6.07, 6.45) is 1.41. The zero-order valence-corrected chi connectivity index (χ0v) is 8.11. The van der Waals surface area contributed by atoms with Crippen molar-refractivity contribution in [3.8, 4) is 0 Å². The van der Waals surface area contributed by atoms with E-state index in [0.29, 0.717) is 11.4 Å². The standard InChI is InChI=1S/C9H12N4O/c1-6(2)12-13-8-4-3-7(5-11-8)9(10)14/h3-5H,1-2H3,(H2,10,14)(H,11,13). The molecule has 1 aromatic rings. The molecule has 14 heavy (non-hydrogen) atoms. The first-order valence-electron chi connectivity index (χ1n) is 4.12. The van der Waals surface area contributed by atoms with E-state index in [-0.39, 0.29) is 0 Å². The molecule has 0 spiro atoms. The van der Waals surface area contributed by atoms with Crippen LogP contribution in [0.4, 0.5) is 5.82 Å². The fourth-order valence-corrected chi connectivity index (χ4v) is 0.775. The number of nitrogens with zero attached hydrogens (tertiary/aromatic N) is 2. The van der Waals surface area contributed by atoms with Gasteiger partial charge >= 0.3 is 0 Å². The van der Waals surface area contributed by atoms with Gasteiger partial charge in [0.05, 0.1) is 5.56 Å². The van der Waals surface area contributed by atoms with Crippen LogP contribution in [0.2, 0.25) is 0 Å². The Morgan fingerprint density at radius 1 is 1.50 bits per heavy atom. The third-order valence-electron chi connectivity index (χ3n) is 1.44. The number of anilines is 1. The monoisotopic (exact) mass is 192 g/mol. The summed E-state index contributed by atoms with van der Waals surface area (Å²) in [6, 6.07) is 3.24. The summed E-state index contributed by atoms with van der Waals surface area (Å²) < 4.78 is 0. The summed E-state index contributed by atoms with van der Waals surface area (Å²) in [5.41, 5.74) is 9.07. The Morgan fingerprint density at radius 2 is 2.21 bits per heavy atom. The third kappa shape index (κ3) is 2.85. The van der Waals surface area contributed by atoms with E-state index in [2.05, 4.69) is 15.5 Å². The zero-order valence-electron chi connectivity index (χ0n) is 8.11. The SMILES string of the molecule is CC(C)=NNc1ccc(C(N)=O)cn1. The number of nitrogens with one attached hydrogen (secondary N) is 1. The number of hydrogen-bond donors (Lipinski definition) is 2. The van der Waals surface area contributed by atoms with E-state index in [1.165, 1.54) is 6.20 Å². The van der Waals surface area contributed by atoms with E-state index in [1.54, 1.807) is 12.1 Å². The Kier molecular flexibility index (Phi) is 3.17. The fourth-order valence-electron chi connectivity index (χ4n) is 0.775. The smallest absolute Gasteiger partial charge is 0.250 e. The number of aromatic nitrogens is 1. The molecule has 0 atom stereocenters. The number of rotatable bonds is 3. The van der Waals surface area contributed by atoms with Crippen molar-refractivity contribution in [2.24, 2.45) is 10.8 Å². The second-order valence-corrected chi connectivity index (χ2v) is 2.97. The number of primary amides is 1. The molecular formula is C9H12N4O. The number of carbonyl (C=O) groups excluding carboxylic acids is 1. The second kappa shape index (κ2) is 4.36. The third-order valence-corrected chi connectivity index (χ3v) is 1.44. The van der Waals surface area contributed by atoms with Crippen LogP contribution in [0.3, 0.4) is 0 Å². The largest absolute Gasteiger partial charge is 0.366 e. The van der Waals surface area contributed by atoms with Gasteiger partial charge in [-0.25, -0.2) is 4.98 Å². The summed E-state index contributed by atoms with van der Waals surface area (Å²) in [6.45, 7) is 3.73. The van der Waals surface area contributed by atoms with Crippen molar-refractivity contribution in [2.75, 3.05) is 5.43 Å². The number of carbonyl (C=O) groups is 1. The highest BCUT2D eigenvalue weighted by atomic mass is 16.1. The molecule has 0 saturated carbocycles.